The number of aromatic nitrogens is 2. The van der Waals surface area contributed by atoms with Crippen molar-refractivity contribution in [2.75, 3.05) is 13.2 Å². The fourth-order valence-corrected chi connectivity index (χ4v) is 2.38. The number of rotatable bonds is 3. The maximum Gasteiger partial charge on any atom is 0.0920 e. The summed E-state index contributed by atoms with van der Waals surface area (Å²) < 4.78 is 9.08. The first-order valence-electron chi connectivity index (χ1n) is 4.82. The average molecular weight is 214 g/mol. The standard InChI is InChI=1S/C9H14N2O2S/c1-6-9(14-11-10-6)8(12)4-7-2-3-13-5-7/h7-8,12H,2-5H2,1H3. The van der Waals surface area contributed by atoms with Crippen molar-refractivity contribution in [3.05, 3.63) is 10.6 Å². The smallest absolute Gasteiger partial charge is 0.0920 e. The molecule has 1 fully saturated rings. The zero-order valence-electron chi connectivity index (χ0n) is 8.14. The number of aliphatic hydroxyl groups is 1. The van der Waals surface area contributed by atoms with E-state index in [0.717, 1.165) is 36.6 Å². The molecule has 2 atom stereocenters. The van der Waals surface area contributed by atoms with Crippen molar-refractivity contribution < 1.29 is 9.84 Å². The molecule has 1 N–H and O–H groups in total. The lowest BCUT2D eigenvalue weighted by Gasteiger charge is -2.12. The Kier molecular flexibility index (Phi) is 3.10. The van der Waals surface area contributed by atoms with E-state index in [9.17, 15) is 5.11 Å². The van der Waals surface area contributed by atoms with Crippen molar-refractivity contribution in [3.8, 4) is 0 Å². The second-order valence-electron chi connectivity index (χ2n) is 3.70. The molecule has 4 nitrogen and oxygen atoms in total. The highest BCUT2D eigenvalue weighted by Crippen LogP contribution is 2.29. The zero-order valence-corrected chi connectivity index (χ0v) is 8.96. The molecule has 0 aliphatic carbocycles. The van der Waals surface area contributed by atoms with Gasteiger partial charge in [0.1, 0.15) is 0 Å². The van der Waals surface area contributed by atoms with E-state index in [1.54, 1.807) is 0 Å². The van der Waals surface area contributed by atoms with E-state index in [-0.39, 0.29) is 0 Å². The molecule has 5 heteroatoms. The molecule has 1 aliphatic heterocycles. The maximum absolute atomic E-state index is 9.93. The molecule has 1 aliphatic rings. The highest BCUT2D eigenvalue weighted by molar-refractivity contribution is 7.05. The fourth-order valence-electron chi connectivity index (χ4n) is 1.73. The SMILES string of the molecule is Cc1nnsc1C(O)CC1CCOC1. The number of hydrogen-bond donors (Lipinski definition) is 1. The molecule has 1 aromatic heterocycles. The summed E-state index contributed by atoms with van der Waals surface area (Å²) in [6.45, 7) is 3.49. The van der Waals surface area contributed by atoms with Gasteiger partial charge in [0.25, 0.3) is 0 Å². The molecule has 1 saturated heterocycles. The lowest BCUT2D eigenvalue weighted by Crippen LogP contribution is -2.07. The van der Waals surface area contributed by atoms with Crippen molar-refractivity contribution in [1.29, 1.82) is 0 Å². The molecule has 0 spiro atoms. The minimum Gasteiger partial charge on any atom is -0.387 e. The third-order valence-corrected chi connectivity index (χ3v) is 3.50. The normalized spacial score (nSPS) is 24.0. The molecule has 14 heavy (non-hydrogen) atoms. The number of aliphatic hydroxyl groups excluding tert-OH is 1. The van der Waals surface area contributed by atoms with Crippen LogP contribution in [0.2, 0.25) is 0 Å². The van der Waals surface area contributed by atoms with Gasteiger partial charge in [-0.1, -0.05) is 4.49 Å². The molecule has 0 aromatic carbocycles. The Morgan fingerprint density at radius 2 is 2.57 bits per heavy atom. The average Bonchev–Trinajstić information content (AvgIpc) is 2.75. The van der Waals surface area contributed by atoms with Crippen LogP contribution < -0.4 is 0 Å². The Labute approximate surface area is 87.1 Å². The van der Waals surface area contributed by atoms with Crippen LogP contribution in [0.5, 0.6) is 0 Å². The first-order chi connectivity index (χ1) is 6.77. The van der Waals surface area contributed by atoms with E-state index in [0.29, 0.717) is 5.92 Å². The van der Waals surface area contributed by atoms with Gasteiger partial charge in [-0.2, -0.15) is 0 Å². The van der Waals surface area contributed by atoms with E-state index in [1.807, 2.05) is 6.92 Å². The fraction of sp³-hybridized carbons (Fsp3) is 0.778. The largest absolute Gasteiger partial charge is 0.387 e. The van der Waals surface area contributed by atoms with E-state index in [4.69, 9.17) is 4.74 Å². The minimum atomic E-state index is -0.415. The van der Waals surface area contributed by atoms with E-state index < -0.39 is 6.10 Å². The number of hydrogen-bond acceptors (Lipinski definition) is 5. The van der Waals surface area contributed by atoms with Crippen LogP contribution in [0, 0.1) is 12.8 Å². The summed E-state index contributed by atoms with van der Waals surface area (Å²) in [6, 6.07) is 0. The molecule has 0 bridgehead atoms. The first kappa shape index (κ1) is 10.0. The van der Waals surface area contributed by atoms with Crippen molar-refractivity contribution in [1.82, 2.24) is 9.59 Å². The lowest BCUT2D eigenvalue weighted by molar-refractivity contribution is 0.131. The molecule has 0 amide bonds. The third-order valence-electron chi connectivity index (χ3n) is 2.57. The molecule has 0 radical (unpaired) electrons. The molecule has 0 saturated carbocycles. The second kappa shape index (κ2) is 4.33. The molecule has 2 rings (SSSR count). The zero-order chi connectivity index (χ0) is 9.97. The van der Waals surface area contributed by atoms with E-state index in [2.05, 4.69) is 9.59 Å². The molecular weight excluding hydrogens is 200 g/mol. The van der Waals surface area contributed by atoms with Crippen LogP contribution >= 0.6 is 11.5 Å². The van der Waals surface area contributed by atoms with Crippen molar-refractivity contribution in [3.63, 3.8) is 0 Å². The predicted molar refractivity (Wildman–Crippen MR) is 53.1 cm³/mol. The van der Waals surface area contributed by atoms with Crippen molar-refractivity contribution in [2.45, 2.75) is 25.9 Å². The van der Waals surface area contributed by atoms with Gasteiger partial charge in [0, 0.05) is 13.2 Å². The van der Waals surface area contributed by atoms with Crippen LogP contribution in [-0.2, 0) is 4.74 Å². The van der Waals surface area contributed by atoms with Gasteiger partial charge in [0.2, 0.25) is 0 Å². The van der Waals surface area contributed by atoms with Crippen molar-refractivity contribution >= 4 is 11.5 Å². The summed E-state index contributed by atoms with van der Waals surface area (Å²) >= 11 is 1.29. The van der Waals surface area contributed by atoms with Crippen LogP contribution in [0.25, 0.3) is 0 Å². The quantitative estimate of drug-likeness (QED) is 0.824. The first-order valence-corrected chi connectivity index (χ1v) is 5.59. The van der Waals surface area contributed by atoms with Gasteiger partial charge in [-0.15, -0.1) is 5.10 Å². The second-order valence-corrected chi connectivity index (χ2v) is 4.49. The van der Waals surface area contributed by atoms with Gasteiger partial charge >= 0.3 is 0 Å². The molecule has 78 valence electrons. The van der Waals surface area contributed by atoms with Crippen LogP contribution in [0.4, 0.5) is 0 Å². The molecule has 1 aromatic rings. The van der Waals surface area contributed by atoms with Gasteiger partial charge < -0.3 is 9.84 Å². The maximum atomic E-state index is 9.93. The lowest BCUT2D eigenvalue weighted by atomic mass is 10.00. The Balaban J connectivity index is 1.95. The molecule has 2 heterocycles. The summed E-state index contributed by atoms with van der Waals surface area (Å²) in [4.78, 5) is 0.900. The van der Waals surface area contributed by atoms with Crippen LogP contribution in [-0.4, -0.2) is 27.9 Å². The van der Waals surface area contributed by atoms with Gasteiger partial charge in [-0.05, 0) is 37.2 Å². The van der Waals surface area contributed by atoms with Crippen LogP contribution in [0.1, 0.15) is 29.5 Å². The van der Waals surface area contributed by atoms with E-state index >= 15 is 0 Å². The monoisotopic (exact) mass is 214 g/mol. The number of aryl methyl sites for hydroxylation is 1. The summed E-state index contributed by atoms with van der Waals surface area (Å²) in [6.07, 6.45) is 1.41. The van der Waals surface area contributed by atoms with Crippen LogP contribution in [0.15, 0.2) is 0 Å². The number of nitrogens with zero attached hydrogens (tertiary/aromatic N) is 2. The summed E-state index contributed by atoms with van der Waals surface area (Å²) in [5, 5.41) is 13.8. The van der Waals surface area contributed by atoms with Gasteiger partial charge in [0.05, 0.1) is 16.7 Å². The van der Waals surface area contributed by atoms with Crippen LogP contribution in [0.3, 0.4) is 0 Å². The highest BCUT2D eigenvalue weighted by Gasteiger charge is 2.22. The van der Waals surface area contributed by atoms with Gasteiger partial charge in [-0.3, -0.25) is 0 Å². The topological polar surface area (TPSA) is 55.2 Å². The Morgan fingerprint density at radius 3 is 3.14 bits per heavy atom. The third kappa shape index (κ3) is 2.10. The Bertz CT molecular complexity index is 297. The minimum absolute atomic E-state index is 0.415. The number of ether oxygens (including phenoxy) is 1. The molecule has 2 unspecified atom stereocenters. The Morgan fingerprint density at radius 1 is 1.71 bits per heavy atom. The molecular formula is C9H14N2O2S. The van der Waals surface area contributed by atoms with Gasteiger partial charge in [0.15, 0.2) is 0 Å². The van der Waals surface area contributed by atoms with Crippen molar-refractivity contribution in [2.24, 2.45) is 5.92 Å². The summed E-state index contributed by atoms with van der Waals surface area (Å²) in [5.41, 5.74) is 0.849. The highest BCUT2D eigenvalue weighted by atomic mass is 32.1. The summed E-state index contributed by atoms with van der Waals surface area (Å²) in [5.74, 6) is 0.492. The predicted octanol–water partition coefficient (Wildman–Crippen LogP) is 1.31. The van der Waals surface area contributed by atoms with Gasteiger partial charge in [-0.25, -0.2) is 0 Å². The summed E-state index contributed by atoms with van der Waals surface area (Å²) in [7, 11) is 0. The van der Waals surface area contributed by atoms with E-state index in [1.165, 1.54) is 11.5 Å². The Hall–Kier alpha value is -0.520.